The van der Waals surface area contributed by atoms with Crippen molar-refractivity contribution in [1.82, 2.24) is 0 Å². The van der Waals surface area contributed by atoms with E-state index in [1.54, 1.807) is 0 Å². The van der Waals surface area contributed by atoms with Gasteiger partial charge in [-0.1, -0.05) is 43.7 Å². The van der Waals surface area contributed by atoms with E-state index in [0.29, 0.717) is 18.3 Å². The molecule has 1 fully saturated rings. The minimum atomic E-state index is -0.183. The van der Waals surface area contributed by atoms with Gasteiger partial charge < -0.3 is 10.1 Å². The normalized spacial score (nSPS) is 37.5. The average Bonchev–Trinajstić information content (AvgIpc) is 2.05. The Morgan fingerprint density at radius 2 is 2.07 bits per heavy atom. The van der Waals surface area contributed by atoms with Gasteiger partial charge in [0.1, 0.15) is 0 Å². The number of hydrogen-bond acceptors (Lipinski definition) is 1. The largest absolute Gasteiger partial charge is 0.644 e. The van der Waals surface area contributed by atoms with E-state index in [9.17, 15) is 4.79 Å². The topological polar surface area (TPSA) is 31.2 Å². The van der Waals surface area contributed by atoms with E-state index in [2.05, 4.69) is 25.7 Å². The average molecular weight is 449 g/mol. The van der Waals surface area contributed by atoms with Gasteiger partial charge in [-0.3, -0.25) is 0 Å². The van der Waals surface area contributed by atoms with Gasteiger partial charge in [0.2, 0.25) is 0 Å². The summed E-state index contributed by atoms with van der Waals surface area (Å²) in [5.41, 5.74) is 0.963. The Morgan fingerprint density at radius 3 is 2.53 bits per heavy atom. The SMILES string of the molecule is C=C1C=CC2(CC(=O)[N-]2)C(C)C1C.[W].[Y]. The fourth-order valence-corrected chi connectivity index (χ4v) is 2.13. The molecule has 0 bridgehead atoms. The van der Waals surface area contributed by atoms with Crippen LogP contribution in [-0.2, 0) is 58.6 Å². The summed E-state index contributed by atoms with van der Waals surface area (Å²) in [6.45, 7) is 8.27. The zero-order chi connectivity index (χ0) is 9.64. The van der Waals surface area contributed by atoms with Crippen molar-refractivity contribution in [2.45, 2.75) is 25.8 Å². The number of nitrogens with zero attached hydrogens (tertiary/aromatic N) is 1. The summed E-state index contributed by atoms with van der Waals surface area (Å²) in [4.78, 5) is 10.9. The molecule has 0 aromatic carbocycles. The fourth-order valence-electron chi connectivity index (χ4n) is 2.13. The molecule has 2 nitrogen and oxygen atoms in total. The van der Waals surface area contributed by atoms with Crippen molar-refractivity contribution in [3.05, 3.63) is 29.6 Å². The van der Waals surface area contributed by atoms with Crippen LogP contribution >= 0.6 is 0 Å². The number of β-lactam (4-membered cyclic amide) rings is 1. The van der Waals surface area contributed by atoms with Crippen LogP contribution < -0.4 is 0 Å². The molecule has 1 saturated heterocycles. The predicted octanol–water partition coefficient (Wildman–Crippen LogP) is 2.42. The third-order valence-electron chi connectivity index (χ3n) is 3.48. The fraction of sp³-hybridized carbons (Fsp3) is 0.545. The molecule has 3 unspecified atom stereocenters. The van der Waals surface area contributed by atoms with Gasteiger partial charge in [0, 0.05) is 53.8 Å². The quantitative estimate of drug-likeness (QED) is 0.524. The second kappa shape index (κ2) is 5.38. The number of carbonyl (C=O) groups excluding carboxylic acids is 1. The molecular weight excluding hydrogens is 435 g/mol. The van der Waals surface area contributed by atoms with Gasteiger partial charge in [0.15, 0.2) is 0 Å². The Kier molecular flexibility index (Phi) is 5.65. The molecule has 15 heavy (non-hydrogen) atoms. The standard InChI is InChI=1S/C11H15NO.W.Y/c1-7-4-5-11(6-10(13)12-11)9(3)8(7)2;;/h4-5,8-9H,1,6H2,2-3H3,(H,12,13);;/p-1. The van der Waals surface area contributed by atoms with Gasteiger partial charge in [0.05, 0.1) is 5.91 Å². The summed E-state index contributed by atoms with van der Waals surface area (Å²) in [6.07, 6.45) is 4.64. The third-order valence-corrected chi connectivity index (χ3v) is 3.48. The monoisotopic (exact) mass is 449 g/mol. The minimum absolute atomic E-state index is 0. The smallest absolute Gasteiger partial charge is 0.0511 e. The zero-order valence-electron chi connectivity index (χ0n) is 9.06. The van der Waals surface area contributed by atoms with Crippen LogP contribution in [0.3, 0.4) is 0 Å². The Labute approximate surface area is 130 Å². The van der Waals surface area contributed by atoms with Crippen LogP contribution in [0.2, 0.25) is 0 Å². The number of rotatable bonds is 0. The molecule has 0 aromatic heterocycles. The van der Waals surface area contributed by atoms with Crippen molar-refractivity contribution in [3.63, 3.8) is 0 Å². The summed E-state index contributed by atoms with van der Waals surface area (Å²) in [5.74, 6) is 0.876. The summed E-state index contributed by atoms with van der Waals surface area (Å²) in [7, 11) is 0. The molecule has 0 aromatic rings. The van der Waals surface area contributed by atoms with Crippen molar-refractivity contribution in [1.29, 1.82) is 0 Å². The van der Waals surface area contributed by atoms with Gasteiger partial charge in [-0.2, -0.15) is 0 Å². The van der Waals surface area contributed by atoms with E-state index in [4.69, 9.17) is 0 Å². The molecule has 4 heteroatoms. The number of amides is 1. The molecule has 79 valence electrons. The first-order valence-electron chi connectivity index (χ1n) is 4.69. The van der Waals surface area contributed by atoms with E-state index >= 15 is 0 Å². The van der Waals surface area contributed by atoms with Crippen molar-refractivity contribution in [3.8, 4) is 0 Å². The van der Waals surface area contributed by atoms with Crippen LogP contribution in [0.15, 0.2) is 24.3 Å². The van der Waals surface area contributed by atoms with Gasteiger partial charge >= 0.3 is 0 Å². The Morgan fingerprint density at radius 1 is 1.53 bits per heavy atom. The second-order valence-corrected chi connectivity index (χ2v) is 4.16. The molecule has 1 amide bonds. The van der Waals surface area contributed by atoms with E-state index < -0.39 is 0 Å². The van der Waals surface area contributed by atoms with Crippen molar-refractivity contribution < 1.29 is 58.6 Å². The Bertz CT molecular complexity index is 306. The van der Waals surface area contributed by atoms with Crippen LogP contribution in [0.25, 0.3) is 5.32 Å². The van der Waals surface area contributed by atoms with Crippen LogP contribution in [0.5, 0.6) is 0 Å². The third kappa shape index (κ3) is 2.53. The molecule has 3 atom stereocenters. The van der Waals surface area contributed by atoms with Gasteiger partial charge in [-0.05, 0) is 18.3 Å². The number of hydrogen-bond donors (Lipinski definition) is 0. The molecule has 1 aliphatic carbocycles. The number of carbonyl (C=O) groups is 1. The first kappa shape index (κ1) is 15.7. The van der Waals surface area contributed by atoms with E-state index in [1.807, 2.05) is 12.2 Å². The first-order chi connectivity index (χ1) is 6.05. The van der Waals surface area contributed by atoms with E-state index in [0.717, 1.165) is 5.57 Å². The molecule has 1 radical (unpaired) electrons. The van der Waals surface area contributed by atoms with Gasteiger partial charge in [-0.25, -0.2) is 0 Å². The van der Waals surface area contributed by atoms with Crippen molar-refractivity contribution in [2.24, 2.45) is 11.8 Å². The Balaban J connectivity index is 0.000000980. The van der Waals surface area contributed by atoms with Crippen LogP contribution in [-0.4, -0.2) is 11.4 Å². The molecule has 0 N–H and O–H groups in total. The predicted molar refractivity (Wildman–Crippen MR) is 52.3 cm³/mol. The van der Waals surface area contributed by atoms with Gasteiger partial charge in [0.25, 0.3) is 0 Å². The van der Waals surface area contributed by atoms with Crippen LogP contribution in [0.1, 0.15) is 20.3 Å². The molecule has 2 aliphatic rings. The molecule has 2 rings (SSSR count). The van der Waals surface area contributed by atoms with E-state index in [1.165, 1.54) is 0 Å². The Hall–Kier alpha value is 0.742. The zero-order valence-corrected chi connectivity index (χ0v) is 14.8. The maximum absolute atomic E-state index is 10.9. The van der Waals surface area contributed by atoms with Crippen LogP contribution in [0.4, 0.5) is 0 Å². The van der Waals surface area contributed by atoms with E-state index in [-0.39, 0.29) is 65.2 Å². The first-order valence-corrected chi connectivity index (χ1v) is 4.69. The molecule has 1 aliphatic heterocycles. The molecule has 0 saturated carbocycles. The second-order valence-electron chi connectivity index (χ2n) is 4.16. The molecule has 1 spiro atoms. The maximum Gasteiger partial charge on any atom is 0.0511 e. The van der Waals surface area contributed by atoms with Gasteiger partial charge in [-0.15, -0.1) is 0 Å². The minimum Gasteiger partial charge on any atom is -0.644 e. The maximum atomic E-state index is 10.9. The van der Waals surface area contributed by atoms with Crippen molar-refractivity contribution in [2.75, 3.05) is 0 Å². The van der Waals surface area contributed by atoms with Crippen LogP contribution in [0, 0.1) is 11.8 Å². The summed E-state index contributed by atoms with van der Waals surface area (Å²) in [6, 6.07) is 0. The summed E-state index contributed by atoms with van der Waals surface area (Å²) < 4.78 is 0. The van der Waals surface area contributed by atoms with Crippen molar-refractivity contribution >= 4 is 5.91 Å². The molecular formula is C11H14NOWY-. The summed E-state index contributed by atoms with van der Waals surface area (Å²) >= 11 is 0. The summed E-state index contributed by atoms with van der Waals surface area (Å²) in [5, 5.41) is 4.11. The number of allylic oxidation sites excluding steroid dienone is 2. The molecule has 1 heterocycles.